The van der Waals surface area contributed by atoms with E-state index < -0.39 is 0 Å². The summed E-state index contributed by atoms with van der Waals surface area (Å²) in [6.07, 6.45) is 15.6. The number of rotatable bonds is 6. The predicted molar refractivity (Wildman–Crippen MR) is 172 cm³/mol. The predicted octanol–water partition coefficient (Wildman–Crippen LogP) is 6.87. The average molecular weight is 628 g/mol. The Morgan fingerprint density at radius 3 is 1.42 bits per heavy atom. The van der Waals surface area contributed by atoms with E-state index in [4.69, 9.17) is 3.67 Å². The van der Waals surface area contributed by atoms with Crippen molar-refractivity contribution in [3.8, 4) is 0 Å². The van der Waals surface area contributed by atoms with Gasteiger partial charge in [-0.1, -0.05) is 119 Å². The Hall–Kier alpha value is -3.17. The van der Waals surface area contributed by atoms with E-state index in [0.29, 0.717) is 39.4 Å². The summed E-state index contributed by atoms with van der Waals surface area (Å²) in [4.78, 5) is 34.0. The van der Waals surface area contributed by atoms with Crippen LogP contribution in [-0.2, 0) is 21.0 Å². The number of unbranched alkanes of at least 4 members (excludes halogenated alkanes) is 6. The minimum absolute atomic E-state index is 0.324. The summed E-state index contributed by atoms with van der Waals surface area (Å²) in [5.41, 5.74) is 2.31. The average Bonchev–Trinajstić information content (AvgIpc) is 3.84. The van der Waals surface area contributed by atoms with Crippen molar-refractivity contribution in [2.24, 2.45) is 25.0 Å². The molecule has 0 fully saturated rings. The molecule has 2 aliphatic heterocycles. The molecule has 5 rings (SSSR count). The second-order valence-electron chi connectivity index (χ2n) is 9.34. The summed E-state index contributed by atoms with van der Waals surface area (Å²) in [5, 5.41) is 0. The molecule has 0 aromatic carbocycles. The number of nitrogens with zero attached hydrogens (tertiary/aromatic N) is 7. The SMILES string of the molecule is C1=CC2N=C1N=c1ccc([n-]1)=Nc1ccc([nH]1)N=c1ccc([n-]1)=N2.CC.CCCCC.CCCCC.CCCCC.[O]=[V+2]. The first kappa shape index (κ1) is 39.8. The van der Waals surface area contributed by atoms with Crippen molar-refractivity contribution in [1.29, 1.82) is 0 Å². The molecule has 0 aliphatic carbocycles. The van der Waals surface area contributed by atoms with E-state index in [9.17, 15) is 0 Å². The molecular weight excluding hydrogens is 575 g/mol. The Morgan fingerprint density at radius 1 is 0.605 bits per heavy atom. The topological polar surface area (TPSA) is 123 Å². The molecule has 0 spiro atoms. The van der Waals surface area contributed by atoms with Gasteiger partial charge in [-0.3, -0.25) is 4.99 Å². The van der Waals surface area contributed by atoms with Crippen molar-refractivity contribution in [2.45, 2.75) is 119 Å². The van der Waals surface area contributed by atoms with E-state index in [-0.39, 0.29) is 6.17 Å². The fraction of sp³-hybridized carbons (Fsp3) is 0.545. The van der Waals surface area contributed by atoms with Gasteiger partial charge in [-0.2, -0.15) is 0 Å². The number of hydrogen-bond acceptors (Lipinski definition) is 6. The van der Waals surface area contributed by atoms with Crippen LogP contribution in [0.4, 0.5) is 11.6 Å². The Balaban J connectivity index is 0.000000772. The first-order valence-corrected chi connectivity index (χ1v) is 16.4. The summed E-state index contributed by atoms with van der Waals surface area (Å²) in [5.74, 6) is 1.92. The van der Waals surface area contributed by atoms with Crippen molar-refractivity contribution < 1.29 is 21.0 Å². The summed E-state index contributed by atoms with van der Waals surface area (Å²) >= 11 is 1.06. The third kappa shape index (κ3) is 17.5. The maximum atomic E-state index is 8.19. The van der Waals surface area contributed by atoms with Gasteiger partial charge in [-0.15, -0.1) is 0 Å². The van der Waals surface area contributed by atoms with E-state index in [1.165, 1.54) is 57.8 Å². The van der Waals surface area contributed by atoms with Crippen molar-refractivity contribution in [2.75, 3.05) is 0 Å². The van der Waals surface area contributed by atoms with Gasteiger partial charge in [0, 0.05) is 22.0 Å². The molecule has 0 saturated heterocycles. The third-order valence-corrected chi connectivity index (χ3v) is 5.64. The van der Waals surface area contributed by atoms with Gasteiger partial charge in [0.2, 0.25) is 0 Å². The molecule has 3 aromatic heterocycles. The Kier molecular flexibility index (Phi) is 24.5. The number of nitrogens with one attached hydrogen (secondary N) is 1. The van der Waals surface area contributed by atoms with Crippen molar-refractivity contribution in [1.82, 2.24) is 15.0 Å². The normalized spacial score (nSPS) is 13.3. The quantitative estimate of drug-likeness (QED) is 0.321. The molecule has 9 nitrogen and oxygen atoms in total. The van der Waals surface area contributed by atoms with Crippen LogP contribution >= 0.6 is 0 Å². The first-order chi connectivity index (χ1) is 21.0. The van der Waals surface area contributed by atoms with Gasteiger partial charge in [0.05, 0.1) is 17.5 Å². The molecule has 1 N–H and O–H groups in total. The zero-order valence-corrected chi connectivity index (χ0v) is 28.9. The molecule has 0 saturated carbocycles. The van der Waals surface area contributed by atoms with E-state index in [1.54, 1.807) is 12.1 Å². The second kappa shape index (κ2) is 26.5. The molecule has 43 heavy (non-hydrogen) atoms. The van der Waals surface area contributed by atoms with E-state index in [2.05, 4.69) is 81.5 Å². The number of aromatic amines is 1. The molecule has 5 heterocycles. The molecule has 0 amide bonds. The fourth-order valence-corrected chi connectivity index (χ4v) is 3.54. The van der Waals surface area contributed by atoms with Crippen LogP contribution in [0.3, 0.4) is 0 Å². The summed E-state index contributed by atoms with van der Waals surface area (Å²) < 4.78 is 8.19. The van der Waals surface area contributed by atoms with E-state index >= 15 is 0 Å². The number of aliphatic imine (C=N–C) groups is 1. The van der Waals surface area contributed by atoms with Gasteiger partial charge in [-0.05, 0) is 42.5 Å². The van der Waals surface area contributed by atoms with Crippen LogP contribution < -0.4 is 31.9 Å². The molecule has 1 atom stereocenters. The Bertz CT molecular complexity index is 1380. The Morgan fingerprint density at radius 2 is 1.00 bits per heavy atom. The van der Waals surface area contributed by atoms with Crippen LogP contribution in [-0.4, -0.2) is 17.0 Å². The summed E-state index contributed by atoms with van der Waals surface area (Å²) in [6.45, 7) is 17.3. The summed E-state index contributed by atoms with van der Waals surface area (Å²) in [7, 11) is 0. The van der Waals surface area contributed by atoms with Crippen molar-refractivity contribution in [3.05, 3.63) is 70.5 Å². The molecule has 1 unspecified atom stereocenters. The van der Waals surface area contributed by atoms with Crippen molar-refractivity contribution >= 4 is 17.5 Å². The van der Waals surface area contributed by atoms with Crippen LogP contribution in [0.25, 0.3) is 0 Å². The number of amidine groups is 1. The number of aromatic nitrogens is 3. The van der Waals surface area contributed by atoms with Crippen LogP contribution in [0.2, 0.25) is 0 Å². The van der Waals surface area contributed by atoms with Crippen molar-refractivity contribution in [3.63, 3.8) is 0 Å². The summed E-state index contributed by atoms with van der Waals surface area (Å²) in [6, 6.07) is 10.9. The van der Waals surface area contributed by atoms with Crippen LogP contribution in [0, 0.1) is 0 Å². The van der Waals surface area contributed by atoms with Gasteiger partial charge >= 0.3 is 21.0 Å². The number of H-pyrrole nitrogens is 1. The van der Waals surface area contributed by atoms with Gasteiger partial charge in [0.1, 0.15) is 6.17 Å². The van der Waals surface area contributed by atoms with Crippen LogP contribution in [0.15, 0.2) is 73.5 Å². The number of hydrogen-bond donors (Lipinski definition) is 1. The monoisotopic (exact) mass is 627 g/mol. The maximum absolute atomic E-state index is 8.19. The van der Waals surface area contributed by atoms with Gasteiger partial charge in [0.15, 0.2) is 0 Å². The Labute approximate surface area is 267 Å². The second-order valence-corrected chi connectivity index (χ2v) is 9.34. The number of fused-ring (bicyclic) bond motifs is 7. The molecule has 8 bridgehead atoms. The van der Waals surface area contributed by atoms with E-state index in [0.717, 1.165) is 17.4 Å². The van der Waals surface area contributed by atoms with Crippen LogP contribution in [0.5, 0.6) is 0 Å². The molecule has 235 valence electrons. The van der Waals surface area contributed by atoms with Gasteiger partial charge in [-0.25, -0.2) is 0 Å². The third-order valence-electron chi connectivity index (χ3n) is 5.64. The molecule has 3 aromatic rings. The molecule has 0 radical (unpaired) electrons. The zero-order chi connectivity index (χ0) is 32.3. The first-order valence-electron chi connectivity index (χ1n) is 15.8. The van der Waals surface area contributed by atoms with Gasteiger partial charge < -0.3 is 34.9 Å². The molecule has 10 heteroatoms. The molecule has 2 aliphatic rings. The zero-order valence-electron chi connectivity index (χ0n) is 27.5. The fourth-order valence-electron chi connectivity index (χ4n) is 3.54. The standard InChI is InChI=1S/C16H10N8.3C5H12.C2H6.O.V/c1-2-10-17-9(1)21-11-3-4-13(18-11)23-15-7-8-16(20-15)24-14-6-5-12(19-14)22-10;3*1-3-5-4-2;1-2;;/h1-9,20H;3*3-5H2,1-2H3;1-2H3;;/q-2;;;;;;+2. The van der Waals surface area contributed by atoms with Gasteiger partial charge in [0.25, 0.3) is 0 Å². The van der Waals surface area contributed by atoms with E-state index in [1.807, 2.05) is 50.3 Å². The molecular formula is C33H52N8OV. The van der Waals surface area contributed by atoms with Crippen LogP contribution in [0.1, 0.15) is 113 Å². The minimum atomic E-state index is -0.324.